The Hall–Kier alpha value is -3.17. The van der Waals surface area contributed by atoms with Gasteiger partial charge in [0.25, 0.3) is 5.91 Å². The van der Waals surface area contributed by atoms with Gasteiger partial charge in [-0.05, 0) is 29.8 Å². The van der Waals surface area contributed by atoms with Gasteiger partial charge in [0, 0.05) is 74.1 Å². The van der Waals surface area contributed by atoms with Gasteiger partial charge in [-0.1, -0.05) is 12.1 Å². The average Bonchev–Trinajstić information content (AvgIpc) is 3.49. The van der Waals surface area contributed by atoms with Crippen LogP contribution in [0.25, 0.3) is 11.1 Å². The summed E-state index contributed by atoms with van der Waals surface area (Å²) in [5, 5.41) is 2.31. The number of piperazine rings is 1. The fraction of sp³-hybridized carbons (Fsp3) is 0.292. The zero-order valence-electron chi connectivity index (χ0n) is 17.8. The molecular weight excluding hydrogens is 446 g/mol. The number of nitrogens with zero attached hydrogens (tertiary/aromatic N) is 4. The summed E-state index contributed by atoms with van der Waals surface area (Å²) in [6, 6.07) is 10.7. The van der Waals surface area contributed by atoms with Crippen molar-refractivity contribution >= 4 is 28.8 Å². The van der Waals surface area contributed by atoms with E-state index in [1.165, 1.54) is 23.5 Å². The Kier molecular flexibility index (Phi) is 5.90. The molecule has 0 radical (unpaired) electrons. The minimum absolute atomic E-state index is 0.0357. The highest BCUT2D eigenvalue weighted by Gasteiger charge is 2.36. The molecule has 1 atom stereocenters. The Bertz CT molecular complexity index is 1160. The molecule has 2 saturated heterocycles. The van der Waals surface area contributed by atoms with Gasteiger partial charge in [-0.2, -0.15) is 0 Å². The highest BCUT2D eigenvalue weighted by molar-refractivity contribution is 7.11. The van der Waals surface area contributed by atoms with Crippen LogP contribution in [-0.4, -0.2) is 65.4 Å². The van der Waals surface area contributed by atoms with E-state index in [4.69, 9.17) is 0 Å². The summed E-state index contributed by atoms with van der Waals surface area (Å²) in [6.07, 6.45) is 2.06. The highest BCUT2D eigenvalue weighted by atomic mass is 32.1. The quantitative estimate of drug-likeness (QED) is 0.587. The van der Waals surface area contributed by atoms with Gasteiger partial charge in [0.05, 0.1) is 0 Å². The molecule has 1 aromatic heterocycles. The third kappa shape index (κ3) is 4.38. The van der Waals surface area contributed by atoms with Crippen molar-refractivity contribution in [3.8, 4) is 11.1 Å². The monoisotopic (exact) mass is 468 g/mol. The lowest BCUT2D eigenvalue weighted by molar-refractivity contribution is -0.117. The second-order valence-electron chi connectivity index (χ2n) is 8.20. The topological polar surface area (TPSA) is 56.8 Å². The molecule has 3 aromatic rings. The molecule has 0 saturated carbocycles. The number of rotatable bonds is 4. The van der Waals surface area contributed by atoms with Gasteiger partial charge in [-0.25, -0.2) is 13.8 Å². The van der Waals surface area contributed by atoms with Gasteiger partial charge < -0.3 is 9.80 Å². The van der Waals surface area contributed by atoms with Crippen molar-refractivity contribution in [1.82, 2.24) is 14.8 Å². The zero-order valence-corrected chi connectivity index (χ0v) is 18.6. The molecule has 2 aliphatic heterocycles. The van der Waals surface area contributed by atoms with Gasteiger partial charge in [-0.15, -0.1) is 11.3 Å². The zero-order chi connectivity index (χ0) is 22.9. The van der Waals surface area contributed by atoms with Crippen molar-refractivity contribution in [2.75, 3.05) is 37.6 Å². The van der Waals surface area contributed by atoms with Crippen LogP contribution in [0, 0.1) is 11.6 Å². The molecule has 6 nitrogen and oxygen atoms in total. The Morgan fingerprint density at radius 1 is 1.03 bits per heavy atom. The minimum atomic E-state index is -0.618. The molecular formula is C24H22F2N4O2S. The van der Waals surface area contributed by atoms with E-state index in [1.54, 1.807) is 40.7 Å². The number of halogens is 2. The second-order valence-corrected chi connectivity index (χ2v) is 9.09. The SMILES string of the molecule is O=C(c1nccs1)N1CCN(C2CC(=O)N(c3ccc(-c4ccc(F)cc4F)cc3)C2)CC1. The Labute approximate surface area is 194 Å². The van der Waals surface area contributed by atoms with Crippen LogP contribution in [0.1, 0.15) is 16.2 Å². The number of hydrogen-bond donors (Lipinski definition) is 0. The maximum atomic E-state index is 14.1. The molecule has 0 bridgehead atoms. The predicted molar refractivity (Wildman–Crippen MR) is 122 cm³/mol. The number of anilines is 1. The third-order valence-electron chi connectivity index (χ3n) is 6.26. The summed E-state index contributed by atoms with van der Waals surface area (Å²) in [6.45, 7) is 3.23. The first-order valence-electron chi connectivity index (χ1n) is 10.8. The molecule has 2 aromatic carbocycles. The molecule has 2 fully saturated rings. The van der Waals surface area contributed by atoms with Gasteiger partial charge in [0.15, 0.2) is 5.01 Å². The summed E-state index contributed by atoms with van der Waals surface area (Å²) in [5.41, 5.74) is 1.70. The van der Waals surface area contributed by atoms with E-state index in [-0.39, 0.29) is 17.9 Å². The summed E-state index contributed by atoms with van der Waals surface area (Å²) in [7, 11) is 0. The maximum absolute atomic E-state index is 14.1. The fourth-order valence-electron chi connectivity index (χ4n) is 4.48. The van der Waals surface area contributed by atoms with E-state index in [0.717, 1.165) is 11.8 Å². The second kappa shape index (κ2) is 8.99. The number of amides is 2. The van der Waals surface area contributed by atoms with Crippen LogP contribution in [-0.2, 0) is 4.79 Å². The van der Waals surface area contributed by atoms with Crippen LogP contribution in [0.4, 0.5) is 14.5 Å². The standard InChI is InChI=1S/C24H22F2N4O2S/c25-17-3-6-20(21(26)13-17)16-1-4-18(5-2-16)30-15-19(14-22(30)31)28-8-10-29(11-9-28)24(32)23-27-7-12-33-23/h1-7,12-13,19H,8-11,14-15H2. The highest BCUT2D eigenvalue weighted by Crippen LogP contribution is 2.29. The maximum Gasteiger partial charge on any atom is 0.282 e. The van der Waals surface area contributed by atoms with Crippen molar-refractivity contribution in [1.29, 1.82) is 0 Å². The molecule has 0 aliphatic carbocycles. The molecule has 0 spiro atoms. The smallest absolute Gasteiger partial charge is 0.282 e. The Morgan fingerprint density at radius 3 is 2.45 bits per heavy atom. The molecule has 3 heterocycles. The van der Waals surface area contributed by atoms with Gasteiger partial charge in [-0.3, -0.25) is 14.5 Å². The third-order valence-corrected chi connectivity index (χ3v) is 7.02. The first-order valence-corrected chi connectivity index (χ1v) is 11.7. The van der Waals surface area contributed by atoms with Crippen LogP contribution < -0.4 is 4.90 Å². The van der Waals surface area contributed by atoms with Crippen molar-refractivity contribution in [2.24, 2.45) is 0 Å². The number of benzene rings is 2. The van der Waals surface area contributed by atoms with Crippen molar-refractivity contribution < 1.29 is 18.4 Å². The lowest BCUT2D eigenvalue weighted by Crippen LogP contribution is -2.52. The summed E-state index contributed by atoms with van der Waals surface area (Å²) in [4.78, 5) is 35.2. The normalized spacial score (nSPS) is 19.3. The van der Waals surface area contributed by atoms with E-state index in [0.29, 0.717) is 55.3 Å². The van der Waals surface area contributed by atoms with Crippen LogP contribution >= 0.6 is 11.3 Å². The van der Waals surface area contributed by atoms with Crippen molar-refractivity contribution in [2.45, 2.75) is 12.5 Å². The summed E-state index contributed by atoms with van der Waals surface area (Å²) < 4.78 is 27.3. The van der Waals surface area contributed by atoms with Crippen molar-refractivity contribution in [3.05, 3.63) is 70.7 Å². The number of carbonyl (C=O) groups is 2. The van der Waals surface area contributed by atoms with Gasteiger partial charge >= 0.3 is 0 Å². The molecule has 33 heavy (non-hydrogen) atoms. The molecule has 2 amide bonds. The molecule has 5 rings (SSSR count). The Morgan fingerprint density at radius 2 is 1.79 bits per heavy atom. The van der Waals surface area contributed by atoms with Crippen LogP contribution in [0.2, 0.25) is 0 Å². The van der Waals surface area contributed by atoms with Crippen LogP contribution in [0.15, 0.2) is 54.0 Å². The van der Waals surface area contributed by atoms with E-state index in [1.807, 2.05) is 4.90 Å². The van der Waals surface area contributed by atoms with Crippen LogP contribution in [0.3, 0.4) is 0 Å². The number of aromatic nitrogens is 1. The number of hydrogen-bond acceptors (Lipinski definition) is 5. The molecule has 1 unspecified atom stereocenters. The average molecular weight is 469 g/mol. The van der Waals surface area contributed by atoms with E-state index < -0.39 is 11.6 Å². The van der Waals surface area contributed by atoms with Gasteiger partial charge in [0.2, 0.25) is 5.91 Å². The van der Waals surface area contributed by atoms with Crippen molar-refractivity contribution in [3.63, 3.8) is 0 Å². The first kappa shape index (κ1) is 21.7. The molecule has 2 aliphatic rings. The summed E-state index contributed by atoms with van der Waals surface area (Å²) >= 11 is 1.35. The number of carbonyl (C=O) groups excluding carboxylic acids is 2. The largest absolute Gasteiger partial charge is 0.334 e. The number of thiazole rings is 1. The summed E-state index contributed by atoms with van der Waals surface area (Å²) in [5.74, 6) is -1.23. The fourth-order valence-corrected chi connectivity index (χ4v) is 5.08. The predicted octanol–water partition coefficient (Wildman–Crippen LogP) is 3.65. The molecule has 9 heteroatoms. The Balaban J connectivity index is 1.21. The first-order chi connectivity index (χ1) is 16.0. The lowest BCUT2D eigenvalue weighted by atomic mass is 10.0. The molecule has 0 N–H and O–H groups in total. The van der Waals surface area contributed by atoms with Gasteiger partial charge in [0.1, 0.15) is 11.6 Å². The molecule has 170 valence electrons. The van der Waals surface area contributed by atoms with E-state index in [9.17, 15) is 18.4 Å². The van der Waals surface area contributed by atoms with E-state index in [2.05, 4.69) is 9.88 Å². The van der Waals surface area contributed by atoms with Crippen LogP contribution in [0.5, 0.6) is 0 Å². The van der Waals surface area contributed by atoms with E-state index >= 15 is 0 Å². The lowest BCUT2D eigenvalue weighted by Gasteiger charge is -2.37. The minimum Gasteiger partial charge on any atom is -0.334 e.